The zero-order chi connectivity index (χ0) is 16.9. The molecule has 0 atom stereocenters. The third kappa shape index (κ3) is 3.85. The van der Waals surface area contributed by atoms with Gasteiger partial charge in [-0.05, 0) is 59.0 Å². The minimum Gasteiger partial charge on any atom is -0.321 e. The average Bonchev–Trinajstić information content (AvgIpc) is 2.94. The molecule has 0 saturated heterocycles. The second kappa shape index (κ2) is 7.35. The Bertz CT molecular complexity index is 852. The number of benzene rings is 2. The van der Waals surface area contributed by atoms with E-state index in [-0.39, 0.29) is 5.91 Å². The number of aryl methyl sites for hydroxylation is 1. The number of nitrogens with one attached hydrogen (secondary N) is 1. The van der Waals surface area contributed by atoms with Crippen LogP contribution in [0, 0.1) is 3.57 Å². The van der Waals surface area contributed by atoms with E-state index in [0.717, 1.165) is 9.26 Å². The molecule has 3 rings (SSSR count). The Labute approximate surface area is 152 Å². The third-order valence-corrected chi connectivity index (χ3v) is 4.06. The van der Waals surface area contributed by atoms with Gasteiger partial charge in [-0.1, -0.05) is 18.2 Å². The van der Waals surface area contributed by atoms with Gasteiger partial charge in [-0.2, -0.15) is 15.3 Å². The van der Waals surface area contributed by atoms with Gasteiger partial charge in [-0.25, -0.2) is 0 Å². The number of carbonyl (C=O) groups excluding carboxylic acids is 1. The van der Waals surface area contributed by atoms with Gasteiger partial charge in [0.15, 0.2) is 0 Å². The van der Waals surface area contributed by atoms with Gasteiger partial charge >= 0.3 is 0 Å². The maximum Gasteiger partial charge on any atom is 0.275 e. The van der Waals surface area contributed by atoms with E-state index in [2.05, 4.69) is 43.2 Å². The Hall–Kier alpha value is -2.55. The van der Waals surface area contributed by atoms with Gasteiger partial charge in [0.1, 0.15) is 5.69 Å². The van der Waals surface area contributed by atoms with Crippen molar-refractivity contribution in [3.05, 3.63) is 70.1 Å². The number of nitrogens with zero attached hydrogens (tertiary/aromatic N) is 4. The van der Waals surface area contributed by atoms with Crippen LogP contribution in [0.4, 0.5) is 17.1 Å². The van der Waals surface area contributed by atoms with Crippen LogP contribution < -0.4 is 5.32 Å². The first-order valence-corrected chi connectivity index (χ1v) is 8.27. The van der Waals surface area contributed by atoms with E-state index >= 15 is 0 Å². The number of amides is 1. The van der Waals surface area contributed by atoms with Crippen LogP contribution in [0.1, 0.15) is 10.5 Å². The van der Waals surface area contributed by atoms with Crippen LogP contribution in [0.3, 0.4) is 0 Å². The zero-order valence-corrected chi connectivity index (χ0v) is 15.0. The summed E-state index contributed by atoms with van der Waals surface area (Å²) in [7, 11) is 1.74. The number of rotatable bonds is 4. The smallest absolute Gasteiger partial charge is 0.275 e. The Morgan fingerprint density at radius 1 is 1.04 bits per heavy atom. The first-order chi connectivity index (χ1) is 11.6. The molecular weight excluding hydrogens is 417 g/mol. The van der Waals surface area contributed by atoms with Crippen molar-refractivity contribution in [1.82, 2.24) is 9.78 Å². The summed E-state index contributed by atoms with van der Waals surface area (Å²) in [6.45, 7) is 0. The molecule has 1 N–H and O–H groups in total. The predicted molar refractivity (Wildman–Crippen MR) is 101 cm³/mol. The molecular formula is C17H14IN5O. The fraction of sp³-hybridized carbons (Fsp3) is 0.0588. The summed E-state index contributed by atoms with van der Waals surface area (Å²) >= 11 is 2.09. The van der Waals surface area contributed by atoms with E-state index in [0.29, 0.717) is 17.1 Å². The van der Waals surface area contributed by atoms with Gasteiger partial charge in [-0.3, -0.25) is 9.48 Å². The molecule has 24 heavy (non-hydrogen) atoms. The van der Waals surface area contributed by atoms with Gasteiger partial charge in [0.2, 0.25) is 0 Å². The lowest BCUT2D eigenvalue weighted by atomic mass is 10.2. The molecule has 2 aromatic carbocycles. The SMILES string of the molecule is Cn1ncc(I)c1C(=O)Nc1ccc(N=Nc2ccccc2)cc1. The molecule has 0 aliphatic rings. The fourth-order valence-corrected chi connectivity index (χ4v) is 2.80. The number of aromatic nitrogens is 2. The lowest BCUT2D eigenvalue weighted by Crippen LogP contribution is -2.17. The standard InChI is InChI=1S/C17H14IN5O/c1-23-16(15(18)11-19-23)17(24)20-12-7-9-14(10-8-12)22-21-13-5-3-2-4-6-13/h2-11H,1H3,(H,20,24). The van der Waals surface area contributed by atoms with Crippen molar-refractivity contribution < 1.29 is 4.79 Å². The summed E-state index contributed by atoms with van der Waals surface area (Å²) in [6.07, 6.45) is 1.66. The van der Waals surface area contributed by atoms with Gasteiger partial charge in [0, 0.05) is 12.7 Å². The first-order valence-electron chi connectivity index (χ1n) is 7.19. The predicted octanol–water partition coefficient (Wildman–Crippen LogP) is 4.69. The van der Waals surface area contributed by atoms with E-state index in [1.807, 2.05) is 30.3 Å². The Morgan fingerprint density at radius 2 is 1.67 bits per heavy atom. The summed E-state index contributed by atoms with van der Waals surface area (Å²) < 4.78 is 2.36. The van der Waals surface area contributed by atoms with Crippen molar-refractivity contribution in [2.24, 2.45) is 17.3 Å². The highest BCUT2D eigenvalue weighted by molar-refractivity contribution is 14.1. The van der Waals surface area contributed by atoms with Gasteiger partial charge in [0.05, 0.1) is 21.1 Å². The number of anilines is 1. The van der Waals surface area contributed by atoms with Gasteiger partial charge < -0.3 is 5.32 Å². The molecule has 1 aromatic heterocycles. The Balaban J connectivity index is 1.69. The van der Waals surface area contributed by atoms with E-state index < -0.39 is 0 Å². The van der Waals surface area contributed by atoms with Crippen molar-refractivity contribution >= 4 is 45.6 Å². The molecule has 0 aliphatic carbocycles. The van der Waals surface area contributed by atoms with E-state index in [1.54, 1.807) is 42.2 Å². The van der Waals surface area contributed by atoms with Crippen LogP contribution in [-0.4, -0.2) is 15.7 Å². The topological polar surface area (TPSA) is 71.6 Å². The number of carbonyl (C=O) groups is 1. The summed E-state index contributed by atoms with van der Waals surface area (Å²) in [5.74, 6) is -0.196. The monoisotopic (exact) mass is 431 g/mol. The van der Waals surface area contributed by atoms with E-state index in [9.17, 15) is 4.79 Å². The van der Waals surface area contributed by atoms with E-state index in [4.69, 9.17) is 0 Å². The number of hydrogen-bond donors (Lipinski definition) is 1. The number of azo groups is 1. The average molecular weight is 431 g/mol. The molecule has 0 unspecified atom stereocenters. The highest BCUT2D eigenvalue weighted by atomic mass is 127. The lowest BCUT2D eigenvalue weighted by Gasteiger charge is -2.06. The molecule has 0 spiro atoms. The Kier molecular flexibility index (Phi) is 4.99. The zero-order valence-electron chi connectivity index (χ0n) is 12.8. The minimum atomic E-state index is -0.196. The molecule has 0 saturated carbocycles. The summed E-state index contributed by atoms with van der Waals surface area (Å²) in [5, 5.41) is 15.2. The highest BCUT2D eigenvalue weighted by Gasteiger charge is 2.15. The van der Waals surface area contributed by atoms with E-state index in [1.165, 1.54) is 0 Å². The fourth-order valence-electron chi connectivity index (χ4n) is 2.08. The highest BCUT2D eigenvalue weighted by Crippen LogP contribution is 2.21. The molecule has 0 fully saturated rings. The van der Waals surface area contributed by atoms with Crippen LogP contribution in [0.2, 0.25) is 0 Å². The maximum atomic E-state index is 12.3. The molecule has 1 heterocycles. The Morgan fingerprint density at radius 3 is 2.25 bits per heavy atom. The summed E-state index contributed by atoms with van der Waals surface area (Å²) in [4.78, 5) is 12.3. The largest absolute Gasteiger partial charge is 0.321 e. The van der Waals surface area contributed by atoms with Crippen LogP contribution in [0.5, 0.6) is 0 Å². The molecule has 1 amide bonds. The number of halogens is 1. The van der Waals surface area contributed by atoms with Crippen molar-refractivity contribution in [3.63, 3.8) is 0 Å². The van der Waals surface area contributed by atoms with Crippen LogP contribution in [-0.2, 0) is 7.05 Å². The maximum absolute atomic E-state index is 12.3. The van der Waals surface area contributed by atoms with Crippen molar-refractivity contribution in [1.29, 1.82) is 0 Å². The number of hydrogen-bond acceptors (Lipinski definition) is 4. The van der Waals surface area contributed by atoms with Crippen LogP contribution in [0.15, 0.2) is 71.0 Å². The van der Waals surface area contributed by atoms with Crippen molar-refractivity contribution in [2.75, 3.05) is 5.32 Å². The van der Waals surface area contributed by atoms with Gasteiger partial charge in [-0.15, -0.1) is 0 Å². The minimum absolute atomic E-state index is 0.196. The molecule has 0 aliphatic heterocycles. The normalized spacial score (nSPS) is 10.9. The van der Waals surface area contributed by atoms with Crippen molar-refractivity contribution in [2.45, 2.75) is 0 Å². The quantitative estimate of drug-likeness (QED) is 0.481. The molecule has 6 nitrogen and oxygen atoms in total. The van der Waals surface area contributed by atoms with Crippen molar-refractivity contribution in [3.8, 4) is 0 Å². The molecule has 7 heteroatoms. The molecule has 120 valence electrons. The molecule has 0 radical (unpaired) electrons. The summed E-state index contributed by atoms with van der Waals surface area (Å²) in [6, 6.07) is 16.7. The third-order valence-electron chi connectivity index (χ3n) is 3.27. The second-order valence-corrected chi connectivity index (χ2v) is 6.16. The first kappa shape index (κ1) is 16.3. The molecule has 0 bridgehead atoms. The molecule has 3 aromatic rings. The second-order valence-electron chi connectivity index (χ2n) is 5.00. The lowest BCUT2D eigenvalue weighted by molar-refractivity contribution is 0.101. The summed E-state index contributed by atoms with van der Waals surface area (Å²) in [5.41, 5.74) is 2.73. The van der Waals surface area contributed by atoms with Crippen LogP contribution >= 0.6 is 22.6 Å². The van der Waals surface area contributed by atoms with Crippen LogP contribution in [0.25, 0.3) is 0 Å². The van der Waals surface area contributed by atoms with Gasteiger partial charge in [0.25, 0.3) is 5.91 Å².